The third-order valence-electron chi connectivity index (χ3n) is 6.50. The molecule has 0 aromatic carbocycles. The maximum absolute atomic E-state index is 12.9. The molecule has 2 aliphatic rings. The Morgan fingerprint density at radius 1 is 1.28 bits per heavy atom. The highest BCUT2D eigenvalue weighted by Gasteiger charge is 2.50. The molecule has 5 heterocycles. The van der Waals surface area contributed by atoms with E-state index in [0.717, 1.165) is 31.2 Å². The predicted molar refractivity (Wildman–Crippen MR) is 123 cm³/mol. The summed E-state index contributed by atoms with van der Waals surface area (Å²) in [4.78, 5) is 41.2. The van der Waals surface area contributed by atoms with E-state index in [4.69, 9.17) is 9.72 Å². The smallest absolute Gasteiger partial charge is 0.263 e. The van der Waals surface area contributed by atoms with Crippen LogP contribution in [0.1, 0.15) is 47.7 Å². The van der Waals surface area contributed by atoms with Crippen molar-refractivity contribution < 1.29 is 14.3 Å². The summed E-state index contributed by atoms with van der Waals surface area (Å²) in [6, 6.07) is 3.73. The van der Waals surface area contributed by atoms with Gasteiger partial charge in [-0.1, -0.05) is 20.8 Å². The van der Waals surface area contributed by atoms with Crippen LogP contribution < -0.4 is 5.32 Å². The van der Waals surface area contributed by atoms with Crippen molar-refractivity contribution in [2.75, 3.05) is 26.3 Å². The number of hydrogen-bond donors (Lipinski definition) is 2. The van der Waals surface area contributed by atoms with Gasteiger partial charge in [0.05, 0.1) is 45.8 Å². The van der Waals surface area contributed by atoms with E-state index < -0.39 is 0 Å². The minimum Gasteiger partial charge on any atom is -0.380 e. The van der Waals surface area contributed by atoms with Crippen molar-refractivity contribution >= 4 is 34.3 Å². The summed E-state index contributed by atoms with van der Waals surface area (Å²) >= 11 is 1.40. The molecular formula is C23H27N5O3S. The quantitative estimate of drug-likeness (QED) is 0.631. The number of aromatic amines is 1. The Bertz CT molecular complexity index is 1200. The lowest BCUT2D eigenvalue weighted by molar-refractivity contribution is -0.176. The van der Waals surface area contributed by atoms with Gasteiger partial charge in [0, 0.05) is 25.3 Å². The Morgan fingerprint density at radius 3 is 2.69 bits per heavy atom. The molecule has 2 saturated heterocycles. The van der Waals surface area contributed by atoms with Crippen molar-refractivity contribution in [3.8, 4) is 10.6 Å². The molecule has 2 aliphatic heterocycles. The van der Waals surface area contributed by atoms with Crippen molar-refractivity contribution in [3.05, 3.63) is 35.0 Å². The number of likely N-dealkylation sites (tertiary alicyclic amines) is 1. The van der Waals surface area contributed by atoms with Gasteiger partial charge in [-0.2, -0.15) is 0 Å². The van der Waals surface area contributed by atoms with Crippen LogP contribution in [-0.4, -0.2) is 64.0 Å². The number of amides is 2. The van der Waals surface area contributed by atoms with E-state index in [1.54, 1.807) is 12.4 Å². The number of nitrogens with zero attached hydrogens (tertiary/aromatic N) is 3. The molecule has 8 nitrogen and oxygen atoms in total. The van der Waals surface area contributed by atoms with Gasteiger partial charge >= 0.3 is 0 Å². The molecule has 0 aliphatic carbocycles. The Hall–Kier alpha value is -2.78. The fraction of sp³-hybridized carbons (Fsp3) is 0.478. The zero-order valence-corrected chi connectivity index (χ0v) is 19.5. The lowest BCUT2D eigenvalue weighted by Gasteiger charge is -2.54. The standard InChI is InChI=1S/C23H27N5O3S/c1-13(22(2,3)4)26-20(29)14-7-24-19-18(14)27-15(8-25-19)16-5-6-17(32-16)21(30)28-9-23(10-28)11-31-12-23/h5-8,13H,9-12H2,1-4H3,(H,24,25)(H,26,29)/t13-/m0/s1. The van der Waals surface area contributed by atoms with E-state index in [0.29, 0.717) is 27.3 Å². The van der Waals surface area contributed by atoms with Gasteiger partial charge in [0.1, 0.15) is 5.52 Å². The lowest BCUT2D eigenvalue weighted by atomic mass is 9.78. The normalized spacial score (nSPS) is 18.3. The van der Waals surface area contributed by atoms with Crippen LogP contribution in [0.5, 0.6) is 0 Å². The lowest BCUT2D eigenvalue weighted by Crippen LogP contribution is -2.67. The summed E-state index contributed by atoms with van der Waals surface area (Å²) in [7, 11) is 0. The molecule has 5 rings (SSSR count). The molecular weight excluding hydrogens is 426 g/mol. The number of hydrogen-bond acceptors (Lipinski definition) is 6. The van der Waals surface area contributed by atoms with Crippen molar-refractivity contribution in [1.82, 2.24) is 25.2 Å². The highest BCUT2D eigenvalue weighted by molar-refractivity contribution is 7.17. The van der Waals surface area contributed by atoms with Gasteiger partial charge in [0.25, 0.3) is 11.8 Å². The van der Waals surface area contributed by atoms with Crippen LogP contribution in [0.4, 0.5) is 0 Å². The first-order valence-corrected chi connectivity index (χ1v) is 11.6. The van der Waals surface area contributed by atoms with Gasteiger partial charge in [-0.15, -0.1) is 11.3 Å². The molecule has 0 radical (unpaired) electrons. The van der Waals surface area contributed by atoms with Gasteiger partial charge < -0.3 is 19.9 Å². The molecule has 3 aromatic rings. The van der Waals surface area contributed by atoms with E-state index in [-0.39, 0.29) is 28.7 Å². The van der Waals surface area contributed by atoms with Gasteiger partial charge in [-0.05, 0) is 24.5 Å². The number of nitrogens with one attached hydrogen (secondary N) is 2. The number of carbonyl (C=O) groups is 2. The molecule has 0 bridgehead atoms. The highest BCUT2D eigenvalue weighted by atomic mass is 32.1. The van der Waals surface area contributed by atoms with E-state index in [2.05, 4.69) is 36.1 Å². The summed E-state index contributed by atoms with van der Waals surface area (Å²) in [5, 5.41) is 3.05. The molecule has 32 heavy (non-hydrogen) atoms. The van der Waals surface area contributed by atoms with E-state index >= 15 is 0 Å². The summed E-state index contributed by atoms with van der Waals surface area (Å²) in [5.74, 6) is -0.135. The summed E-state index contributed by atoms with van der Waals surface area (Å²) in [5.41, 5.74) is 2.33. The Kier molecular flexibility index (Phi) is 4.86. The first-order valence-electron chi connectivity index (χ1n) is 10.8. The van der Waals surface area contributed by atoms with Gasteiger partial charge in [0.15, 0.2) is 5.65 Å². The Labute approximate surface area is 190 Å². The first kappa shape index (κ1) is 21.1. The van der Waals surface area contributed by atoms with Crippen LogP contribution in [-0.2, 0) is 4.74 Å². The largest absolute Gasteiger partial charge is 0.380 e. The summed E-state index contributed by atoms with van der Waals surface area (Å²) in [6.45, 7) is 11.3. The first-order chi connectivity index (χ1) is 15.2. The van der Waals surface area contributed by atoms with Crippen molar-refractivity contribution in [1.29, 1.82) is 0 Å². The second-order valence-electron chi connectivity index (χ2n) is 10.0. The predicted octanol–water partition coefficient (Wildman–Crippen LogP) is 3.32. The fourth-order valence-electron chi connectivity index (χ4n) is 3.90. The van der Waals surface area contributed by atoms with Crippen LogP contribution in [0.15, 0.2) is 24.5 Å². The number of carbonyl (C=O) groups excluding carboxylic acids is 2. The molecule has 168 valence electrons. The number of thiophene rings is 1. The van der Waals surface area contributed by atoms with Crippen LogP contribution in [0, 0.1) is 10.8 Å². The minimum absolute atomic E-state index is 0.00546. The number of rotatable bonds is 4. The maximum atomic E-state index is 12.9. The fourth-order valence-corrected chi connectivity index (χ4v) is 4.83. The molecule has 1 spiro atoms. The van der Waals surface area contributed by atoms with Crippen molar-refractivity contribution in [2.24, 2.45) is 10.8 Å². The monoisotopic (exact) mass is 453 g/mol. The Morgan fingerprint density at radius 2 is 2.03 bits per heavy atom. The topological polar surface area (TPSA) is 100 Å². The van der Waals surface area contributed by atoms with E-state index in [1.165, 1.54) is 11.3 Å². The summed E-state index contributed by atoms with van der Waals surface area (Å²) in [6.07, 6.45) is 3.31. The van der Waals surface area contributed by atoms with Crippen LogP contribution >= 0.6 is 11.3 Å². The number of aromatic nitrogens is 3. The van der Waals surface area contributed by atoms with Gasteiger partial charge in [0.2, 0.25) is 0 Å². The van der Waals surface area contributed by atoms with Gasteiger partial charge in [-0.25, -0.2) is 9.97 Å². The molecule has 9 heteroatoms. The highest BCUT2D eigenvalue weighted by Crippen LogP contribution is 2.39. The van der Waals surface area contributed by atoms with Crippen molar-refractivity contribution in [2.45, 2.75) is 33.7 Å². The number of H-pyrrole nitrogens is 1. The van der Waals surface area contributed by atoms with Crippen LogP contribution in [0.3, 0.4) is 0 Å². The minimum atomic E-state index is -0.182. The molecule has 3 aromatic heterocycles. The molecule has 2 fully saturated rings. The summed E-state index contributed by atoms with van der Waals surface area (Å²) < 4.78 is 5.29. The number of fused-ring (bicyclic) bond motifs is 1. The van der Waals surface area contributed by atoms with E-state index in [9.17, 15) is 9.59 Å². The third-order valence-corrected chi connectivity index (χ3v) is 7.59. The van der Waals surface area contributed by atoms with Gasteiger partial charge in [-0.3, -0.25) is 9.59 Å². The average Bonchev–Trinajstić information content (AvgIpc) is 3.31. The van der Waals surface area contributed by atoms with Crippen LogP contribution in [0.2, 0.25) is 0 Å². The van der Waals surface area contributed by atoms with Crippen molar-refractivity contribution in [3.63, 3.8) is 0 Å². The SMILES string of the molecule is C[C@H](NC(=O)c1c[nH]c2ncc(-c3ccc(C(=O)N4CC5(COC5)C4)s3)nc12)C(C)(C)C. The molecule has 0 saturated carbocycles. The van der Waals surface area contributed by atoms with Crippen LogP contribution in [0.25, 0.3) is 21.7 Å². The maximum Gasteiger partial charge on any atom is 0.263 e. The molecule has 0 unspecified atom stereocenters. The molecule has 1 atom stereocenters. The molecule has 2 amide bonds. The average molecular weight is 454 g/mol. The second-order valence-corrected chi connectivity index (χ2v) is 11.1. The molecule has 2 N–H and O–H groups in total. The zero-order valence-electron chi connectivity index (χ0n) is 18.7. The van der Waals surface area contributed by atoms with E-state index in [1.807, 2.05) is 24.0 Å². The second kappa shape index (κ2) is 7.38. The Balaban J connectivity index is 1.36. The third kappa shape index (κ3) is 3.59. The number of ether oxygens (including phenoxy) is 1. The zero-order chi connectivity index (χ0) is 22.7.